The Morgan fingerprint density at radius 2 is 2.08 bits per heavy atom. The average molecular weight is 340 g/mol. The van der Waals surface area contributed by atoms with E-state index in [2.05, 4.69) is 5.32 Å². The van der Waals surface area contributed by atoms with Crippen LogP contribution in [0, 0.1) is 11.8 Å². The SMILES string of the molecule is COc1ccc(N2C[C@@]34C=C[C@@H](O3)[C@@H](C(=O)NC3CC3)[C@H]4C2=O)cc1. The zero-order valence-electron chi connectivity index (χ0n) is 14.0. The van der Waals surface area contributed by atoms with Gasteiger partial charge in [-0.05, 0) is 37.1 Å². The minimum Gasteiger partial charge on any atom is -0.497 e. The predicted molar refractivity (Wildman–Crippen MR) is 90.2 cm³/mol. The molecule has 3 aliphatic heterocycles. The molecule has 2 saturated heterocycles. The first-order valence-corrected chi connectivity index (χ1v) is 8.74. The summed E-state index contributed by atoms with van der Waals surface area (Å²) in [6.45, 7) is 0.447. The van der Waals surface area contributed by atoms with Crippen LogP contribution in [0.4, 0.5) is 5.69 Å². The number of fused-ring (bicyclic) bond motifs is 1. The monoisotopic (exact) mass is 340 g/mol. The number of carbonyl (C=O) groups is 2. The first kappa shape index (κ1) is 15.0. The van der Waals surface area contributed by atoms with Crippen LogP contribution in [0.15, 0.2) is 36.4 Å². The molecule has 6 nitrogen and oxygen atoms in total. The number of ether oxygens (including phenoxy) is 2. The second-order valence-electron chi connectivity index (χ2n) is 7.31. The molecule has 1 N–H and O–H groups in total. The van der Waals surface area contributed by atoms with Crippen LogP contribution < -0.4 is 15.0 Å². The lowest BCUT2D eigenvalue weighted by molar-refractivity contribution is -0.132. The maximum atomic E-state index is 13.1. The molecule has 3 fully saturated rings. The molecule has 1 spiro atoms. The standard InChI is InChI=1S/C19H20N2O4/c1-24-13-6-4-12(5-7-13)21-10-19-9-8-14(25-19)15(16(19)18(21)23)17(22)20-11-2-3-11/h4-9,11,14-16H,2-3,10H2,1H3,(H,20,22)/t14-,15-,16+,19-/m1/s1. The molecule has 1 aromatic carbocycles. The molecule has 0 radical (unpaired) electrons. The van der Waals surface area contributed by atoms with E-state index < -0.39 is 17.4 Å². The Hall–Kier alpha value is -2.34. The number of methoxy groups -OCH3 is 1. The lowest BCUT2D eigenvalue weighted by Gasteiger charge is -2.23. The van der Waals surface area contributed by atoms with Crippen LogP contribution in [-0.2, 0) is 14.3 Å². The number of rotatable bonds is 4. The second-order valence-corrected chi connectivity index (χ2v) is 7.31. The molecule has 0 unspecified atom stereocenters. The number of hydrogen-bond donors (Lipinski definition) is 1. The number of amides is 2. The highest BCUT2D eigenvalue weighted by molar-refractivity contribution is 6.03. The normalized spacial score (nSPS) is 35.2. The average Bonchev–Trinajstić information content (AvgIpc) is 3.15. The summed E-state index contributed by atoms with van der Waals surface area (Å²) in [6.07, 6.45) is 5.69. The molecule has 2 bridgehead atoms. The Labute approximate surface area is 145 Å². The van der Waals surface area contributed by atoms with E-state index >= 15 is 0 Å². The zero-order valence-corrected chi connectivity index (χ0v) is 14.0. The summed E-state index contributed by atoms with van der Waals surface area (Å²) in [5.41, 5.74) is 0.129. The molecular weight excluding hydrogens is 320 g/mol. The van der Waals surface area contributed by atoms with Gasteiger partial charge >= 0.3 is 0 Å². The van der Waals surface area contributed by atoms with Crippen LogP contribution >= 0.6 is 0 Å². The van der Waals surface area contributed by atoms with E-state index in [0.717, 1.165) is 24.3 Å². The lowest BCUT2D eigenvalue weighted by Crippen LogP contribution is -2.44. The second kappa shape index (κ2) is 5.08. The molecule has 2 amide bonds. The summed E-state index contributed by atoms with van der Waals surface area (Å²) in [7, 11) is 1.61. The first-order chi connectivity index (χ1) is 12.1. The van der Waals surface area contributed by atoms with Gasteiger partial charge in [0.05, 0.1) is 31.6 Å². The van der Waals surface area contributed by atoms with Gasteiger partial charge in [0.2, 0.25) is 11.8 Å². The minimum absolute atomic E-state index is 0.0343. The summed E-state index contributed by atoms with van der Waals surface area (Å²) in [6, 6.07) is 7.67. The third kappa shape index (κ3) is 2.13. The minimum atomic E-state index is -0.673. The molecule has 3 heterocycles. The molecule has 4 atom stereocenters. The molecule has 1 aliphatic carbocycles. The predicted octanol–water partition coefficient (Wildman–Crippen LogP) is 1.26. The molecule has 130 valence electrons. The fourth-order valence-corrected chi connectivity index (χ4v) is 4.30. The van der Waals surface area contributed by atoms with Gasteiger partial charge in [-0.15, -0.1) is 0 Å². The van der Waals surface area contributed by atoms with Gasteiger partial charge in [-0.2, -0.15) is 0 Å². The van der Waals surface area contributed by atoms with Gasteiger partial charge in [0.15, 0.2) is 0 Å². The number of nitrogens with one attached hydrogen (secondary N) is 1. The topological polar surface area (TPSA) is 67.9 Å². The van der Waals surface area contributed by atoms with E-state index in [1.807, 2.05) is 36.4 Å². The smallest absolute Gasteiger partial charge is 0.234 e. The number of benzene rings is 1. The highest BCUT2D eigenvalue weighted by Crippen LogP contribution is 2.52. The fourth-order valence-electron chi connectivity index (χ4n) is 4.30. The Morgan fingerprint density at radius 3 is 2.76 bits per heavy atom. The first-order valence-electron chi connectivity index (χ1n) is 8.74. The van der Waals surface area contributed by atoms with Crippen molar-refractivity contribution in [3.63, 3.8) is 0 Å². The van der Waals surface area contributed by atoms with Crippen LogP contribution in [0.2, 0.25) is 0 Å². The maximum Gasteiger partial charge on any atom is 0.234 e. The van der Waals surface area contributed by atoms with Gasteiger partial charge in [-0.3, -0.25) is 9.59 Å². The van der Waals surface area contributed by atoms with Crippen LogP contribution in [0.25, 0.3) is 0 Å². The number of anilines is 1. The van der Waals surface area contributed by atoms with Gasteiger partial charge < -0.3 is 19.7 Å². The molecule has 25 heavy (non-hydrogen) atoms. The molecule has 5 rings (SSSR count). The number of nitrogens with zero attached hydrogens (tertiary/aromatic N) is 1. The van der Waals surface area contributed by atoms with Crippen LogP contribution in [0.5, 0.6) is 5.75 Å². The molecule has 1 aromatic rings. The van der Waals surface area contributed by atoms with Gasteiger partial charge in [0.1, 0.15) is 11.4 Å². The molecule has 0 aromatic heterocycles. The summed E-state index contributed by atoms with van der Waals surface area (Å²) in [4.78, 5) is 27.6. The van der Waals surface area contributed by atoms with E-state index in [0.29, 0.717) is 6.54 Å². The third-order valence-corrected chi connectivity index (χ3v) is 5.71. The van der Waals surface area contributed by atoms with Crippen molar-refractivity contribution in [2.75, 3.05) is 18.6 Å². The largest absolute Gasteiger partial charge is 0.497 e. The van der Waals surface area contributed by atoms with Crippen molar-refractivity contribution in [2.45, 2.75) is 30.6 Å². The Balaban J connectivity index is 1.44. The van der Waals surface area contributed by atoms with Crippen molar-refractivity contribution in [3.05, 3.63) is 36.4 Å². The number of hydrogen-bond acceptors (Lipinski definition) is 4. The van der Waals surface area contributed by atoms with Crippen LogP contribution in [0.3, 0.4) is 0 Å². The van der Waals surface area contributed by atoms with Gasteiger partial charge in [0, 0.05) is 11.7 Å². The molecule has 1 saturated carbocycles. The Kier molecular flexibility index (Phi) is 3.04. The van der Waals surface area contributed by atoms with Crippen molar-refractivity contribution in [1.82, 2.24) is 5.32 Å². The molecule has 6 heteroatoms. The Bertz CT molecular complexity index is 770. The van der Waals surface area contributed by atoms with E-state index in [1.165, 1.54) is 0 Å². The van der Waals surface area contributed by atoms with E-state index in [9.17, 15) is 9.59 Å². The lowest BCUT2D eigenvalue weighted by atomic mass is 9.77. The van der Waals surface area contributed by atoms with Gasteiger partial charge in [0.25, 0.3) is 0 Å². The van der Waals surface area contributed by atoms with Crippen molar-refractivity contribution < 1.29 is 19.1 Å². The van der Waals surface area contributed by atoms with Crippen molar-refractivity contribution in [3.8, 4) is 5.75 Å². The van der Waals surface area contributed by atoms with Crippen LogP contribution in [-0.4, -0.2) is 43.2 Å². The van der Waals surface area contributed by atoms with Gasteiger partial charge in [-0.1, -0.05) is 12.2 Å². The third-order valence-electron chi connectivity index (χ3n) is 5.71. The van der Waals surface area contributed by atoms with E-state index in [-0.39, 0.29) is 24.0 Å². The highest BCUT2D eigenvalue weighted by Gasteiger charge is 2.67. The summed E-state index contributed by atoms with van der Waals surface area (Å²) >= 11 is 0. The maximum absolute atomic E-state index is 13.1. The summed E-state index contributed by atoms with van der Waals surface area (Å²) in [5.74, 6) is -0.209. The van der Waals surface area contributed by atoms with Gasteiger partial charge in [-0.25, -0.2) is 0 Å². The van der Waals surface area contributed by atoms with Crippen LogP contribution in [0.1, 0.15) is 12.8 Å². The van der Waals surface area contributed by atoms with E-state index in [1.54, 1.807) is 12.0 Å². The quantitative estimate of drug-likeness (QED) is 0.838. The van der Waals surface area contributed by atoms with E-state index in [4.69, 9.17) is 9.47 Å². The highest BCUT2D eigenvalue weighted by atomic mass is 16.5. The van der Waals surface area contributed by atoms with Crippen molar-refractivity contribution in [1.29, 1.82) is 0 Å². The fraction of sp³-hybridized carbons (Fsp3) is 0.474. The summed E-state index contributed by atoms with van der Waals surface area (Å²) < 4.78 is 11.3. The Morgan fingerprint density at radius 1 is 1.32 bits per heavy atom. The van der Waals surface area contributed by atoms with Crippen molar-refractivity contribution in [2.24, 2.45) is 11.8 Å². The van der Waals surface area contributed by atoms with Crippen molar-refractivity contribution >= 4 is 17.5 Å². The zero-order chi connectivity index (χ0) is 17.2. The number of carbonyl (C=O) groups excluding carboxylic acids is 2. The molecular formula is C19H20N2O4. The molecule has 4 aliphatic rings. The summed E-state index contributed by atoms with van der Waals surface area (Å²) in [5, 5.41) is 3.04.